The zero-order chi connectivity index (χ0) is 13.3. The lowest BCUT2D eigenvalue weighted by Gasteiger charge is -2.09. The second-order valence-electron chi connectivity index (χ2n) is 4.09. The third kappa shape index (κ3) is 2.21. The number of benzene rings is 1. The standard InChI is InChI=1S/C13H15ClN2O2/c1-3-18-13(17)12(15)10-7-16(2)11-5-4-8(14)6-9(10)11/h4-7,12H,3,15H2,1-2H3. The lowest BCUT2D eigenvalue weighted by molar-refractivity contribution is -0.144. The summed E-state index contributed by atoms with van der Waals surface area (Å²) in [6, 6.07) is 4.74. The van der Waals surface area contributed by atoms with Crippen molar-refractivity contribution in [1.82, 2.24) is 4.57 Å². The molecule has 1 aromatic carbocycles. The van der Waals surface area contributed by atoms with E-state index < -0.39 is 12.0 Å². The molecular formula is C13H15ClN2O2. The predicted molar refractivity (Wildman–Crippen MR) is 71.5 cm³/mol. The maximum Gasteiger partial charge on any atom is 0.327 e. The van der Waals surface area contributed by atoms with Gasteiger partial charge in [-0.05, 0) is 25.1 Å². The van der Waals surface area contributed by atoms with Crippen LogP contribution in [0.25, 0.3) is 10.9 Å². The number of carbonyl (C=O) groups is 1. The lowest BCUT2D eigenvalue weighted by Crippen LogP contribution is -2.23. The summed E-state index contributed by atoms with van der Waals surface area (Å²) < 4.78 is 6.86. The fourth-order valence-electron chi connectivity index (χ4n) is 2.00. The lowest BCUT2D eigenvalue weighted by atomic mass is 10.1. The molecule has 0 fully saturated rings. The Morgan fingerprint density at radius 1 is 1.56 bits per heavy atom. The van der Waals surface area contributed by atoms with Crippen LogP contribution in [0.2, 0.25) is 5.02 Å². The van der Waals surface area contributed by atoms with E-state index in [0.29, 0.717) is 11.6 Å². The number of rotatable bonds is 3. The molecule has 96 valence electrons. The fraction of sp³-hybridized carbons (Fsp3) is 0.308. The molecule has 4 nitrogen and oxygen atoms in total. The molecule has 5 heteroatoms. The molecule has 0 saturated heterocycles. The summed E-state index contributed by atoms with van der Waals surface area (Å²) in [7, 11) is 1.90. The number of nitrogens with zero attached hydrogens (tertiary/aromatic N) is 1. The average molecular weight is 267 g/mol. The van der Waals surface area contributed by atoms with Crippen molar-refractivity contribution >= 4 is 28.5 Å². The highest BCUT2D eigenvalue weighted by atomic mass is 35.5. The molecule has 0 aliphatic rings. The van der Waals surface area contributed by atoms with E-state index in [-0.39, 0.29) is 0 Å². The first-order valence-electron chi connectivity index (χ1n) is 5.71. The molecule has 0 aliphatic carbocycles. The van der Waals surface area contributed by atoms with Gasteiger partial charge in [-0.25, -0.2) is 4.79 Å². The first-order valence-corrected chi connectivity index (χ1v) is 6.09. The number of hydrogen-bond donors (Lipinski definition) is 1. The molecule has 2 rings (SSSR count). The molecule has 0 saturated carbocycles. The van der Waals surface area contributed by atoms with E-state index in [1.54, 1.807) is 6.92 Å². The van der Waals surface area contributed by atoms with Crippen molar-refractivity contribution in [2.75, 3.05) is 6.61 Å². The van der Waals surface area contributed by atoms with Gasteiger partial charge in [0.05, 0.1) is 6.61 Å². The van der Waals surface area contributed by atoms with Gasteiger partial charge in [-0.3, -0.25) is 0 Å². The number of hydrogen-bond acceptors (Lipinski definition) is 3. The van der Waals surface area contributed by atoms with Gasteiger partial charge in [-0.1, -0.05) is 11.6 Å². The van der Waals surface area contributed by atoms with Crippen LogP contribution in [-0.4, -0.2) is 17.1 Å². The monoisotopic (exact) mass is 266 g/mol. The van der Waals surface area contributed by atoms with E-state index >= 15 is 0 Å². The number of fused-ring (bicyclic) bond motifs is 1. The highest BCUT2D eigenvalue weighted by molar-refractivity contribution is 6.31. The van der Waals surface area contributed by atoms with Crippen LogP contribution in [0.15, 0.2) is 24.4 Å². The molecule has 0 radical (unpaired) electrons. The topological polar surface area (TPSA) is 57.2 Å². The average Bonchev–Trinajstić information content (AvgIpc) is 2.65. The van der Waals surface area contributed by atoms with Gasteiger partial charge in [0, 0.05) is 34.7 Å². The third-order valence-electron chi connectivity index (χ3n) is 2.86. The number of esters is 1. The molecule has 1 aromatic heterocycles. The number of halogens is 1. The van der Waals surface area contributed by atoms with E-state index in [1.807, 2.05) is 36.0 Å². The number of carbonyl (C=O) groups excluding carboxylic acids is 1. The Balaban J connectivity index is 2.50. The van der Waals surface area contributed by atoms with Crippen LogP contribution in [0.4, 0.5) is 0 Å². The van der Waals surface area contributed by atoms with Crippen LogP contribution in [0.3, 0.4) is 0 Å². The number of aryl methyl sites for hydroxylation is 1. The van der Waals surface area contributed by atoms with Crippen LogP contribution in [0.1, 0.15) is 18.5 Å². The molecule has 1 atom stereocenters. The van der Waals surface area contributed by atoms with Crippen molar-refractivity contribution in [2.45, 2.75) is 13.0 Å². The minimum Gasteiger partial charge on any atom is -0.465 e. The van der Waals surface area contributed by atoms with Crippen molar-refractivity contribution < 1.29 is 9.53 Å². The summed E-state index contributed by atoms with van der Waals surface area (Å²) in [5.41, 5.74) is 7.63. The fourth-order valence-corrected chi connectivity index (χ4v) is 2.17. The highest BCUT2D eigenvalue weighted by Crippen LogP contribution is 2.28. The quantitative estimate of drug-likeness (QED) is 0.868. The number of aromatic nitrogens is 1. The second kappa shape index (κ2) is 5.00. The van der Waals surface area contributed by atoms with Gasteiger partial charge in [0.1, 0.15) is 6.04 Å². The van der Waals surface area contributed by atoms with Crippen molar-refractivity contribution in [3.8, 4) is 0 Å². The second-order valence-corrected chi connectivity index (χ2v) is 4.52. The highest BCUT2D eigenvalue weighted by Gasteiger charge is 2.21. The largest absolute Gasteiger partial charge is 0.465 e. The SMILES string of the molecule is CCOC(=O)C(N)c1cn(C)c2ccc(Cl)cc12. The van der Waals surface area contributed by atoms with E-state index in [9.17, 15) is 4.79 Å². The smallest absolute Gasteiger partial charge is 0.327 e. The summed E-state index contributed by atoms with van der Waals surface area (Å²) >= 11 is 5.98. The minimum absolute atomic E-state index is 0.318. The Kier molecular flexibility index (Phi) is 3.59. The molecular weight excluding hydrogens is 252 g/mol. The van der Waals surface area contributed by atoms with Gasteiger partial charge in [0.25, 0.3) is 0 Å². The van der Waals surface area contributed by atoms with E-state index in [0.717, 1.165) is 16.5 Å². The predicted octanol–water partition coefficient (Wildman–Crippen LogP) is 2.39. The van der Waals surface area contributed by atoms with Gasteiger partial charge in [-0.15, -0.1) is 0 Å². The van der Waals surface area contributed by atoms with Crippen LogP contribution in [-0.2, 0) is 16.6 Å². The zero-order valence-corrected chi connectivity index (χ0v) is 11.1. The molecule has 1 heterocycles. The van der Waals surface area contributed by atoms with Crippen molar-refractivity contribution in [1.29, 1.82) is 0 Å². The summed E-state index contributed by atoms with van der Waals surface area (Å²) in [4.78, 5) is 11.7. The molecule has 0 amide bonds. The first kappa shape index (κ1) is 12.9. The Morgan fingerprint density at radius 3 is 2.94 bits per heavy atom. The summed E-state index contributed by atoms with van der Waals surface area (Å²) in [6.45, 7) is 2.07. The van der Waals surface area contributed by atoms with Crippen LogP contribution in [0, 0.1) is 0 Å². The maximum absolute atomic E-state index is 11.7. The summed E-state index contributed by atoms with van der Waals surface area (Å²) in [5.74, 6) is -0.426. The van der Waals surface area contributed by atoms with Crippen LogP contribution >= 0.6 is 11.6 Å². The third-order valence-corrected chi connectivity index (χ3v) is 3.09. The molecule has 0 aliphatic heterocycles. The van der Waals surface area contributed by atoms with Gasteiger partial charge >= 0.3 is 5.97 Å². The molecule has 2 aromatic rings. The first-order chi connectivity index (χ1) is 8.54. The van der Waals surface area contributed by atoms with Crippen molar-refractivity contribution in [3.05, 3.63) is 35.0 Å². The van der Waals surface area contributed by atoms with E-state index in [1.165, 1.54) is 0 Å². The Bertz CT molecular complexity index is 592. The van der Waals surface area contributed by atoms with Gasteiger partial charge in [-0.2, -0.15) is 0 Å². The van der Waals surface area contributed by atoms with Crippen molar-refractivity contribution in [3.63, 3.8) is 0 Å². The van der Waals surface area contributed by atoms with E-state index in [2.05, 4.69) is 0 Å². The van der Waals surface area contributed by atoms with Crippen LogP contribution < -0.4 is 5.73 Å². The zero-order valence-electron chi connectivity index (χ0n) is 10.3. The van der Waals surface area contributed by atoms with Crippen molar-refractivity contribution in [2.24, 2.45) is 12.8 Å². The molecule has 18 heavy (non-hydrogen) atoms. The Morgan fingerprint density at radius 2 is 2.28 bits per heavy atom. The van der Waals surface area contributed by atoms with Crippen LogP contribution in [0.5, 0.6) is 0 Å². The molecule has 0 bridgehead atoms. The van der Waals surface area contributed by atoms with Gasteiger partial charge < -0.3 is 15.0 Å². The number of nitrogens with two attached hydrogens (primary N) is 1. The Labute approximate surface area is 110 Å². The summed E-state index contributed by atoms with van der Waals surface area (Å²) in [5, 5.41) is 1.50. The molecule has 0 spiro atoms. The van der Waals surface area contributed by atoms with Gasteiger partial charge in [0.15, 0.2) is 0 Å². The van der Waals surface area contributed by atoms with E-state index in [4.69, 9.17) is 22.1 Å². The normalized spacial score (nSPS) is 12.7. The summed E-state index contributed by atoms with van der Waals surface area (Å²) in [6.07, 6.45) is 1.84. The minimum atomic E-state index is -0.785. The van der Waals surface area contributed by atoms with Gasteiger partial charge in [0.2, 0.25) is 0 Å². The number of ether oxygens (including phenoxy) is 1. The maximum atomic E-state index is 11.7. The Hall–Kier alpha value is -1.52. The molecule has 1 unspecified atom stereocenters. The molecule has 2 N–H and O–H groups in total.